The van der Waals surface area contributed by atoms with Crippen molar-refractivity contribution >= 4 is 17.0 Å². The highest BCUT2D eigenvalue weighted by Gasteiger charge is 2.24. The Morgan fingerprint density at radius 2 is 2.22 bits per heavy atom. The SMILES string of the molecule is CCOC1CCCN(c2nc3c(cnn3C(C)(C)C)c(=O)[nH]2)C1. The minimum atomic E-state index is -0.227. The fourth-order valence-electron chi connectivity index (χ4n) is 3.05. The first kappa shape index (κ1) is 16.0. The molecule has 3 rings (SSSR count). The predicted octanol–water partition coefficient (Wildman–Crippen LogP) is 1.88. The van der Waals surface area contributed by atoms with Gasteiger partial charge in [-0.1, -0.05) is 0 Å². The van der Waals surface area contributed by atoms with E-state index in [0.717, 1.165) is 25.9 Å². The van der Waals surface area contributed by atoms with Crippen LogP contribution in [-0.2, 0) is 10.3 Å². The van der Waals surface area contributed by atoms with Crippen LogP contribution in [0.5, 0.6) is 0 Å². The first-order valence-corrected chi connectivity index (χ1v) is 8.25. The summed E-state index contributed by atoms with van der Waals surface area (Å²) in [6, 6.07) is 0. The number of hydrogen-bond acceptors (Lipinski definition) is 5. The van der Waals surface area contributed by atoms with Gasteiger partial charge in [0, 0.05) is 19.7 Å². The number of ether oxygens (including phenoxy) is 1. The minimum Gasteiger partial charge on any atom is -0.377 e. The molecule has 0 aromatic carbocycles. The first-order chi connectivity index (χ1) is 10.9. The van der Waals surface area contributed by atoms with E-state index in [-0.39, 0.29) is 17.2 Å². The molecule has 7 nitrogen and oxygen atoms in total. The van der Waals surface area contributed by atoms with E-state index < -0.39 is 0 Å². The number of piperidine rings is 1. The molecule has 0 saturated carbocycles. The van der Waals surface area contributed by atoms with E-state index in [1.165, 1.54) is 0 Å². The number of fused-ring (bicyclic) bond motifs is 1. The van der Waals surface area contributed by atoms with Gasteiger partial charge in [0.15, 0.2) is 5.65 Å². The summed E-state index contributed by atoms with van der Waals surface area (Å²) in [4.78, 5) is 22.1. The molecule has 2 aromatic rings. The van der Waals surface area contributed by atoms with Crippen LogP contribution < -0.4 is 10.5 Å². The summed E-state index contributed by atoms with van der Waals surface area (Å²) in [5.41, 5.74) is 0.268. The largest absolute Gasteiger partial charge is 0.377 e. The second kappa shape index (κ2) is 5.96. The number of nitrogens with one attached hydrogen (secondary N) is 1. The molecule has 1 fully saturated rings. The molecule has 0 spiro atoms. The summed E-state index contributed by atoms with van der Waals surface area (Å²) >= 11 is 0. The fraction of sp³-hybridized carbons (Fsp3) is 0.688. The monoisotopic (exact) mass is 319 g/mol. The highest BCUT2D eigenvalue weighted by atomic mass is 16.5. The van der Waals surface area contributed by atoms with Crippen LogP contribution in [0.15, 0.2) is 11.0 Å². The maximum absolute atomic E-state index is 12.4. The number of aromatic nitrogens is 4. The Labute approximate surface area is 135 Å². The quantitative estimate of drug-likeness (QED) is 0.935. The van der Waals surface area contributed by atoms with Crippen LogP contribution in [-0.4, -0.2) is 45.5 Å². The average molecular weight is 319 g/mol. The zero-order chi connectivity index (χ0) is 16.6. The Hall–Kier alpha value is -1.89. The lowest BCUT2D eigenvalue weighted by Gasteiger charge is -2.32. The molecule has 1 saturated heterocycles. The number of aromatic amines is 1. The van der Waals surface area contributed by atoms with Crippen molar-refractivity contribution in [3.63, 3.8) is 0 Å². The molecule has 1 atom stereocenters. The van der Waals surface area contributed by atoms with Crippen molar-refractivity contribution in [2.75, 3.05) is 24.6 Å². The first-order valence-electron chi connectivity index (χ1n) is 8.25. The number of anilines is 1. The van der Waals surface area contributed by atoms with Crippen LogP contribution in [0.25, 0.3) is 11.0 Å². The van der Waals surface area contributed by atoms with E-state index in [2.05, 4.69) is 15.0 Å². The molecule has 1 N–H and O–H groups in total. The van der Waals surface area contributed by atoms with Crippen LogP contribution in [0.4, 0.5) is 5.95 Å². The van der Waals surface area contributed by atoms with Crippen molar-refractivity contribution in [1.29, 1.82) is 0 Å². The molecule has 3 heterocycles. The minimum absolute atomic E-state index is 0.140. The van der Waals surface area contributed by atoms with Gasteiger partial charge in [0.05, 0.1) is 17.8 Å². The molecule has 1 unspecified atom stereocenters. The van der Waals surface area contributed by atoms with E-state index in [9.17, 15) is 4.79 Å². The van der Waals surface area contributed by atoms with Crippen molar-refractivity contribution in [3.05, 3.63) is 16.6 Å². The standard InChI is InChI=1S/C16H25N5O2/c1-5-23-11-7-6-8-20(10-11)15-18-13-12(14(22)19-15)9-17-21(13)16(2,3)4/h9,11H,5-8,10H2,1-4H3,(H,18,19,22). The van der Waals surface area contributed by atoms with Gasteiger partial charge in [0.1, 0.15) is 5.39 Å². The van der Waals surface area contributed by atoms with Crippen molar-refractivity contribution in [1.82, 2.24) is 19.7 Å². The Bertz CT molecular complexity index is 741. The third-order valence-electron chi connectivity index (χ3n) is 4.14. The summed E-state index contributed by atoms with van der Waals surface area (Å²) in [5.74, 6) is 0.609. The molecule has 0 amide bonds. The zero-order valence-corrected chi connectivity index (χ0v) is 14.3. The van der Waals surface area contributed by atoms with E-state index >= 15 is 0 Å². The number of rotatable bonds is 3. The molecule has 7 heteroatoms. The Morgan fingerprint density at radius 3 is 2.91 bits per heavy atom. The van der Waals surface area contributed by atoms with Gasteiger partial charge in [-0.05, 0) is 40.5 Å². The number of nitrogens with zero attached hydrogens (tertiary/aromatic N) is 4. The molecular formula is C16H25N5O2. The Balaban J connectivity index is 2.00. The number of hydrogen-bond donors (Lipinski definition) is 1. The fourth-order valence-corrected chi connectivity index (χ4v) is 3.05. The summed E-state index contributed by atoms with van der Waals surface area (Å²) in [6.07, 6.45) is 3.87. The molecule has 0 aliphatic carbocycles. The second-order valence-electron chi connectivity index (χ2n) is 7.02. The molecule has 1 aliphatic heterocycles. The van der Waals surface area contributed by atoms with Crippen LogP contribution in [0.3, 0.4) is 0 Å². The highest BCUT2D eigenvalue weighted by molar-refractivity contribution is 5.74. The summed E-state index contributed by atoms with van der Waals surface area (Å²) in [5, 5.41) is 4.88. The highest BCUT2D eigenvalue weighted by Crippen LogP contribution is 2.22. The van der Waals surface area contributed by atoms with Crippen LogP contribution >= 0.6 is 0 Å². The summed E-state index contributed by atoms with van der Waals surface area (Å²) < 4.78 is 7.55. The van der Waals surface area contributed by atoms with Gasteiger partial charge < -0.3 is 9.64 Å². The topological polar surface area (TPSA) is 76.0 Å². The van der Waals surface area contributed by atoms with Gasteiger partial charge in [0.2, 0.25) is 5.95 Å². The molecule has 0 bridgehead atoms. The molecule has 2 aromatic heterocycles. The predicted molar refractivity (Wildman–Crippen MR) is 90.0 cm³/mol. The Morgan fingerprint density at radius 1 is 1.43 bits per heavy atom. The molecule has 1 aliphatic rings. The van der Waals surface area contributed by atoms with Crippen molar-refractivity contribution in [2.45, 2.75) is 52.2 Å². The van der Waals surface area contributed by atoms with E-state index in [4.69, 9.17) is 9.72 Å². The molecule has 23 heavy (non-hydrogen) atoms. The van der Waals surface area contributed by atoms with E-state index in [1.54, 1.807) is 6.20 Å². The lowest BCUT2D eigenvalue weighted by Crippen LogP contribution is -2.41. The third kappa shape index (κ3) is 3.10. The maximum atomic E-state index is 12.4. The molecular weight excluding hydrogens is 294 g/mol. The molecule has 0 radical (unpaired) electrons. The van der Waals surface area contributed by atoms with Crippen molar-refractivity contribution < 1.29 is 4.74 Å². The smallest absolute Gasteiger partial charge is 0.263 e. The Kier molecular flexibility index (Phi) is 4.14. The van der Waals surface area contributed by atoms with Gasteiger partial charge >= 0.3 is 0 Å². The van der Waals surface area contributed by atoms with Crippen LogP contribution in [0.2, 0.25) is 0 Å². The van der Waals surface area contributed by atoms with Gasteiger partial charge in [-0.25, -0.2) is 4.68 Å². The zero-order valence-electron chi connectivity index (χ0n) is 14.3. The van der Waals surface area contributed by atoms with Gasteiger partial charge in [-0.15, -0.1) is 0 Å². The van der Waals surface area contributed by atoms with Crippen LogP contribution in [0.1, 0.15) is 40.5 Å². The normalized spacial score (nSPS) is 19.5. The van der Waals surface area contributed by atoms with Crippen LogP contribution in [0, 0.1) is 0 Å². The lowest BCUT2D eigenvalue weighted by atomic mass is 10.1. The van der Waals surface area contributed by atoms with Gasteiger partial charge in [-0.3, -0.25) is 9.78 Å². The third-order valence-corrected chi connectivity index (χ3v) is 4.14. The molecule has 126 valence electrons. The average Bonchev–Trinajstić information content (AvgIpc) is 2.92. The van der Waals surface area contributed by atoms with Gasteiger partial charge in [0.25, 0.3) is 5.56 Å². The van der Waals surface area contributed by atoms with Crippen molar-refractivity contribution in [3.8, 4) is 0 Å². The lowest BCUT2D eigenvalue weighted by molar-refractivity contribution is 0.0523. The maximum Gasteiger partial charge on any atom is 0.263 e. The van der Waals surface area contributed by atoms with Crippen molar-refractivity contribution in [2.24, 2.45) is 0 Å². The summed E-state index contributed by atoms with van der Waals surface area (Å²) in [7, 11) is 0. The van der Waals surface area contributed by atoms with E-state index in [1.807, 2.05) is 32.4 Å². The second-order valence-corrected chi connectivity index (χ2v) is 7.02. The van der Waals surface area contributed by atoms with Gasteiger partial charge in [-0.2, -0.15) is 10.1 Å². The van der Waals surface area contributed by atoms with E-state index in [0.29, 0.717) is 23.6 Å². The summed E-state index contributed by atoms with van der Waals surface area (Å²) in [6.45, 7) is 10.5. The number of H-pyrrole nitrogens is 1.